The Morgan fingerprint density at radius 2 is 1.52 bits per heavy atom. The number of carbonyl (C=O) groups excluding carboxylic acids is 1. The van der Waals surface area contributed by atoms with Crippen LogP contribution in [0.3, 0.4) is 0 Å². The molecule has 0 fully saturated rings. The van der Waals surface area contributed by atoms with E-state index in [4.69, 9.17) is 4.74 Å². The molecule has 0 aliphatic rings. The van der Waals surface area contributed by atoms with Crippen LogP contribution in [0.15, 0.2) is 34.7 Å². The van der Waals surface area contributed by atoms with Gasteiger partial charge in [0, 0.05) is 11.8 Å². The number of hydrogen-bond donors (Lipinski definition) is 0. The molecule has 0 unspecified atom stereocenters. The van der Waals surface area contributed by atoms with E-state index < -0.39 is 9.84 Å². The van der Waals surface area contributed by atoms with Crippen molar-refractivity contribution in [3.63, 3.8) is 0 Å². The zero-order chi connectivity index (χ0) is 19.2. The minimum atomic E-state index is -3.24. The third kappa shape index (κ3) is 6.65. The molecule has 0 aliphatic heterocycles. The molecule has 0 atom stereocenters. The third-order valence-corrected chi connectivity index (χ3v) is 4.87. The minimum absolute atomic E-state index is 0.279. The summed E-state index contributed by atoms with van der Waals surface area (Å²) >= 11 is 0. The summed E-state index contributed by atoms with van der Waals surface area (Å²) in [7, 11) is -3.24. The van der Waals surface area contributed by atoms with Crippen LogP contribution in [-0.2, 0) is 19.4 Å². The topological polar surface area (TPSA) is 60.4 Å². The van der Waals surface area contributed by atoms with E-state index >= 15 is 0 Å². The fourth-order valence-electron chi connectivity index (χ4n) is 2.68. The van der Waals surface area contributed by atoms with Gasteiger partial charge in [-0.15, -0.1) is 0 Å². The Morgan fingerprint density at radius 3 is 1.92 bits per heavy atom. The Bertz CT molecular complexity index is 711. The number of ether oxygens (including phenoxy) is 1. The Kier molecular flexibility index (Phi) is 7.87. The van der Waals surface area contributed by atoms with Gasteiger partial charge < -0.3 is 4.74 Å². The van der Waals surface area contributed by atoms with Crippen LogP contribution < -0.4 is 0 Å². The monoisotopic (exact) mass is 366 g/mol. The zero-order valence-corrected chi connectivity index (χ0v) is 16.9. The van der Waals surface area contributed by atoms with E-state index in [1.807, 2.05) is 0 Å². The third-order valence-electron chi connectivity index (χ3n) is 3.74. The number of esters is 1. The summed E-state index contributed by atoms with van der Waals surface area (Å²) in [6.45, 7) is 10.5. The first-order chi connectivity index (χ1) is 11.6. The van der Waals surface area contributed by atoms with Crippen molar-refractivity contribution in [3.05, 3.63) is 35.4 Å². The second-order valence-corrected chi connectivity index (χ2v) is 9.19. The summed E-state index contributed by atoms with van der Waals surface area (Å²) in [5.41, 5.74) is 2.52. The fraction of sp³-hybridized carbons (Fsp3) is 0.550. The number of carbonyl (C=O) groups is 1. The van der Waals surface area contributed by atoms with Crippen LogP contribution >= 0.6 is 0 Å². The second kappa shape index (κ2) is 9.18. The smallest absolute Gasteiger partial charge is 0.334 e. The van der Waals surface area contributed by atoms with Crippen molar-refractivity contribution in [3.8, 4) is 0 Å². The molecule has 0 spiro atoms. The molecule has 0 bridgehead atoms. The zero-order valence-electron chi connectivity index (χ0n) is 16.1. The maximum atomic E-state index is 12.5. The summed E-state index contributed by atoms with van der Waals surface area (Å²) in [6, 6.07) is 6.77. The average Bonchev–Trinajstić information content (AvgIpc) is 2.49. The molecule has 0 saturated carbocycles. The number of sulfone groups is 1. The van der Waals surface area contributed by atoms with Gasteiger partial charge in [-0.05, 0) is 54.9 Å². The maximum Gasteiger partial charge on any atom is 0.334 e. The number of hydrogen-bond acceptors (Lipinski definition) is 4. The highest BCUT2D eigenvalue weighted by Gasteiger charge is 2.20. The van der Waals surface area contributed by atoms with Gasteiger partial charge in [-0.1, -0.05) is 39.8 Å². The van der Waals surface area contributed by atoms with Gasteiger partial charge in [0.05, 0.1) is 11.5 Å². The molecule has 0 aliphatic carbocycles. The lowest BCUT2D eigenvalue weighted by Crippen LogP contribution is -2.13. The highest BCUT2D eigenvalue weighted by atomic mass is 32.2. The molecular formula is C20H30O4S. The van der Waals surface area contributed by atoms with Crippen LogP contribution in [0.4, 0.5) is 0 Å². The standard InChI is InChI=1S/C20H30O4S/c1-7-24-20(21)19(13-15(4)5)18(12-14(2)3)16-8-10-17(11-9-16)25(6,22)23/h8-11,14-15H,7,12-13H2,1-6H3/b19-18+. The lowest BCUT2D eigenvalue weighted by atomic mass is 9.88. The highest BCUT2D eigenvalue weighted by Crippen LogP contribution is 2.31. The van der Waals surface area contributed by atoms with Crippen LogP contribution in [0, 0.1) is 11.8 Å². The number of allylic oxidation sites excluding steroid dienone is 1. The SMILES string of the molecule is CCOC(=O)/C(CC(C)C)=C(\CC(C)C)c1ccc(S(C)(=O)=O)cc1. The van der Waals surface area contributed by atoms with E-state index in [1.165, 1.54) is 6.26 Å². The molecule has 0 radical (unpaired) electrons. The van der Waals surface area contributed by atoms with Gasteiger partial charge in [0.15, 0.2) is 9.84 Å². The molecule has 0 amide bonds. The highest BCUT2D eigenvalue weighted by molar-refractivity contribution is 7.90. The van der Waals surface area contributed by atoms with Gasteiger partial charge in [0.2, 0.25) is 0 Å². The Hall–Kier alpha value is -1.62. The molecule has 0 aromatic heterocycles. The van der Waals surface area contributed by atoms with E-state index in [-0.39, 0.29) is 10.9 Å². The molecule has 1 aromatic rings. The first-order valence-corrected chi connectivity index (χ1v) is 10.6. The van der Waals surface area contributed by atoms with Gasteiger partial charge in [-0.2, -0.15) is 0 Å². The normalized spacial score (nSPS) is 13.1. The van der Waals surface area contributed by atoms with Crippen molar-refractivity contribution >= 4 is 21.4 Å². The first-order valence-electron chi connectivity index (χ1n) is 8.75. The summed E-state index contributed by atoms with van der Waals surface area (Å²) in [6.07, 6.45) is 2.56. The molecule has 0 heterocycles. The van der Waals surface area contributed by atoms with E-state index in [1.54, 1.807) is 31.2 Å². The van der Waals surface area contributed by atoms with Crippen molar-refractivity contribution in [2.45, 2.75) is 52.4 Å². The molecule has 1 aromatic carbocycles. The largest absolute Gasteiger partial charge is 0.463 e. The van der Waals surface area contributed by atoms with Crippen molar-refractivity contribution < 1.29 is 17.9 Å². The minimum Gasteiger partial charge on any atom is -0.463 e. The molecular weight excluding hydrogens is 336 g/mol. The van der Waals surface area contributed by atoms with Gasteiger partial charge in [-0.3, -0.25) is 0 Å². The fourth-order valence-corrected chi connectivity index (χ4v) is 3.31. The van der Waals surface area contributed by atoms with Gasteiger partial charge in [0.25, 0.3) is 0 Å². The summed E-state index contributed by atoms with van der Waals surface area (Å²) in [4.78, 5) is 12.8. The number of benzene rings is 1. The van der Waals surface area contributed by atoms with Crippen LogP contribution in [-0.4, -0.2) is 27.2 Å². The van der Waals surface area contributed by atoms with Gasteiger partial charge in [-0.25, -0.2) is 13.2 Å². The van der Waals surface area contributed by atoms with Crippen molar-refractivity contribution in [2.75, 3.05) is 12.9 Å². The van der Waals surface area contributed by atoms with Crippen LogP contribution in [0.1, 0.15) is 53.0 Å². The predicted octanol–water partition coefficient (Wildman–Crippen LogP) is 4.50. The Labute approximate surface area is 152 Å². The molecule has 1 rings (SSSR count). The molecule has 25 heavy (non-hydrogen) atoms. The molecule has 5 heteroatoms. The van der Waals surface area contributed by atoms with Gasteiger partial charge in [0.1, 0.15) is 0 Å². The Balaban J connectivity index is 3.47. The Morgan fingerprint density at radius 1 is 1.00 bits per heavy atom. The first kappa shape index (κ1) is 21.4. The molecule has 0 N–H and O–H groups in total. The van der Waals surface area contributed by atoms with E-state index in [0.29, 0.717) is 30.4 Å². The second-order valence-electron chi connectivity index (χ2n) is 7.17. The van der Waals surface area contributed by atoms with Crippen LogP contribution in [0.5, 0.6) is 0 Å². The van der Waals surface area contributed by atoms with Crippen molar-refractivity contribution in [1.29, 1.82) is 0 Å². The van der Waals surface area contributed by atoms with Gasteiger partial charge >= 0.3 is 5.97 Å². The van der Waals surface area contributed by atoms with Crippen LogP contribution in [0.25, 0.3) is 5.57 Å². The lowest BCUT2D eigenvalue weighted by Gasteiger charge is -2.18. The number of rotatable bonds is 8. The van der Waals surface area contributed by atoms with Crippen molar-refractivity contribution in [1.82, 2.24) is 0 Å². The molecule has 4 nitrogen and oxygen atoms in total. The summed E-state index contributed by atoms with van der Waals surface area (Å²) in [5.74, 6) is 0.400. The quantitative estimate of drug-likeness (QED) is 0.502. The molecule has 140 valence electrons. The van der Waals surface area contributed by atoms with E-state index in [0.717, 1.165) is 17.6 Å². The lowest BCUT2D eigenvalue weighted by molar-refractivity contribution is -0.138. The van der Waals surface area contributed by atoms with E-state index in [2.05, 4.69) is 27.7 Å². The van der Waals surface area contributed by atoms with Crippen LogP contribution in [0.2, 0.25) is 0 Å². The summed E-state index contributed by atoms with van der Waals surface area (Å²) < 4.78 is 28.6. The summed E-state index contributed by atoms with van der Waals surface area (Å²) in [5, 5.41) is 0. The van der Waals surface area contributed by atoms with E-state index in [9.17, 15) is 13.2 Å². The maximum absolute atomic E-state index is 12.5. The molecule has 0 saturated heterocycles. The average molecular weight is 367 g/mol. The van der Waals surface area contributed by atoms with Crippen molar-refractivity contribution in [2.24, 2.45) is 11.8 Å². The predicted molar refractivity (Wildman–Crippen MR) is 102 cm³/mol.